The molecule has 0 bridgehead atoms. The molecule has 3 aliphatic heterocycles. The van der Waals surface area contributed by atoms with Crippen LogP contribution in [0.15, 0.2) is 72.8 Å². The van der Waals surface area contributed by atoms with Crippen molar-refractivity contribution in [3.05, 3.63) is 101 Å². The van der Waals surface area contributed by atoms with E-state index in [2.05, 4.69) is 31.0 Å². The van der Waals surface area contributed by atoms with Crippen LogP contribution in [0.1, 0.15) is 77.2 Å². The predicted molar refractivity (Wildman–Crippen MR) is 235 cm³/mol. The number of amides is 5. The smallest absolute Gasteiger partial charge is 0.417 e. The number of methoxy groups -OCH3 is 1. The molecule has 4 heterocycles. The van der Waals surface area contributed by atoms with Crippen molar-refractivity contribution in [2.75, 3.05) is 50.1 Å². The second kappa shape index (κ2) is 18.1. The van der Waals surface area contributed by atoms with Crippen LogP contribution in [-0.2, 0) is 22.7 Å². The van der Waals surface area contributed by atoms with E-state index in [0.29, 0.717) is 80.5 Å². The molecular weight excluding hydrogens is 823 g/mol. The summed E-state index contributed by atoms with van der Waals surface area (Å²) < 4.78 is 12.9. The number of rotatable bonds is 11. The third kappa shape index (κ3) is 8.63. The molecule has 1 unspecified atom stereocenters. The molecule has 1 aromatic heterocycles. The normalized spacial score (nSPS) is 16.4. The minimum absolute atomic E-state index is 0.0122. The van der Waals surface area contributed by atoms with Crippen molar-refractivity contribution in [1.82, 2.24) is 35.2 Å². The molecule has 5 aromatic rings. The lowest BCUT2D eigenvalue weighted by Crippen LogP contribution is -2.50. The monoisotopic (exact) mass is 871 g/mol. The van der Waals surface area contributed by atoms with Gasteiger partial charge >= 0.3 is 6.09 Å². The highest BCUT2D eigenvalue weighted by molar-refractivity contribution is 6.00. The van der Waals surface area contributed by atoms with Gasteiger partial charge in [-0.3, -0.25) is 39.3 Å². The summed E-state index contributed by atoms with van der Waals surface area (Å²) in [5.74, 6) is -0.835. The van der Waals surface area contributed by atoms with E-state index in [0.717, 1.165) is 16.8 Å². The zero-order chi connectivity index (χ0) is 45.2. The molecule has 2 saturated heterocycles. The number of piperazine rings is 1. The number of hydrogen-bond donors (Lipinski definition) is 5. The van der Waals surface area contributed by atoms with Crippen LogP contribution in [0.2, 0.25) is 0 Å². The second-order valence-corrected chi connectivity index (χ2v) is 16.1. The Balaban J connectivity index is 0.906. The average Bonchev–Trinajstić information content (AvgIpc) is 3.92. The summed E-state index contributed by atoms with van der Waals surface area (Å²) in [6, 6.07) is 20.0. The molecular formula is C46H49N9O9. The van der Waals surface area contributed by atoms with Crippen molar-refractivity contribution in [3.63, 3.8) is 0 Å². The first-order chi connectivity index (χ1) is 30.8. The van der Waals surface area contributed by atoms with E-state index in [1.165, 1.54) is 17.7 Å². The molecule has 0 spiro atoms. The number of phenols is 2. The number of nitrogens with zero attached hydrogens (tertiary/aromatic N) is 6. The lowest BCUT2D eigenvalue weighted by atomic mass is 9.98. The Morgan fingerprint density at radius 1 is 0.891 bits per heavy atom. The fourth-order valence-electron chi connectivity index (χ4n) is 8.42. The van der Waals surface area contributed by atoms with Crippen molar-refractivity contribution in [1.29, 1.82) is 0 Å². The van der Waals surface area contributed by atoms with E-state index >= 15 is 0 Å². The van der Waals surface area contributed by atoms with E-state index < -0.39 is 18.0 Å². The summed E-state index contributed by atoms with van der Waals surface area (Å²) in [4.78, 5) is 70.2. The van der Waals surface area contributed by atoms with Crippen LogP contribution in [0.3, 0.4) is 0 Å². The highest BCUT2D eigenvalue weighted by Gasteiger charge is 2.36. The summed E-state index contributed by atoms with van der Waals surface area (Å²) in [5, 5.41) is 37.8. The topological polar surface area (TPSA) is 221 Å². The lowest BCUT2D eigenvalue weighted by Gasteiger charge is -2.36. The van der Waals surface area contributed by atoms with E-state index in [1.54, 1.807) is 60.4 Å². The van der Waals surface area contributed by atoms with E-state index in [1.807, 2.05) is 36.9 Å². The number of benzene rings is 4. The van der Waals surface area contributed by atoms with Crippen molar-refractivity contribution in [3.8, 4) is 40.1 Å². The first kappa shape index (κ1) is 43.2. The van der Waals surface area contributed by atoms with Crippen molar-refractivity contribution < 1.29 is 43.7 Å². The van der Waals surface area contributed by atoms with Crippen LogP contribution in [0.5, 0.6) is 23.0 Å². The second-order valence-electron chi connectivity index (χ2n) is 16.1. The van der Waals surface area contributed by atoms with Gasteiger partial charge in [0.05, 0.1) is 18.7 Å². The lowest BCUT2D eigenvalue weighted by molar-refractivity contribution is -0.137. The molecule has 3 aliphatic rings. The van der Waals surface area contributed by atoms with Crippen LogP contribution < -0.4 is 30.3 Å². The Kier molecular flexibility index (Phi) is 12.2. The number of aromatic nitrogens is 3. The molecule has 18 nitrogen and oxygen atoms in total. The number of carbonyl (C=O) groups excluding carboxylic acids is 5. The fraction of sp³-hybridized carbons (Fsp3) is 0.326. The molecule has 5 N–H and O–H groups in total. The molecule has 4 aromatic carbocycles. The van der Waals surface area contributed by atoms with E-state index in [-0.39, 0.29) is 64.5 Å². The summed E-state index contributed by atoms with van der Waals surface area (Å²) in [5.41, 5.74) is 5.04. The average molecular weight is 872 g/mol. The molecule has 1 atom stereocenters. The first-order valence-corrected chi connectivity index (χ1v) is 21.1. The van der Waals surface area contributed by atoms with Crippen LogP contribution in [-0.4, -0.2) is 110 Å². The number of anilines is 2. The van der Waals surface area contributed by atoms with Gasteiger partial charge in [-0.1, -0.05) is 26.0 Å². The number of piperidine rings is 1. The largest absolute Gasteiger partial charge is 0.508 e. The standard InChI is InChI=1S/C46H49N9O9/c1-5-47-44(60)42-51-50-41(32-22-31(26(2)3)36(56)23-37(32)57)55(42)29-11-9-27(10-12-29)45(61)53-19-17-52(18-20-53)30-13-15-38(39(21-30)63-4)64-46(62)48-34-8-6-7-28-24-54(25-33(28)34)35-14-16-40(58)49-43(35)59/h6-13,15,21-23,26,35,56-57H,5,14,16-20,24-25H2,1-4H3,(H,47,60)(H,48,62)(H,49,58,59). The number of nitrogens with one attached hydrogen (secondary N) is 3. The summed E-state index contributed by atoms with van der Waals surface area (Å²) >= 11 is 0. The zero-order valence-corrected chi connectivity index (χ0v) is 35.9. The van der Waals surface area contributed by atoms with Gasteiger partial charge in [-0.15, -0.1) is 10.2 Å². The molecule has 5 amide bonds. The number of carbonyl (C=O) groups is 5. The number of ether oxygens (including phenoxy) is 2. The van der Waals surface area contributed by atoms with Gasteiger partial charge < -0.3 is 34.8 Å². The van der Waals surface area contributed by atoms with Gasteiger partial charge in [0.25, 0.3) is 11.8 Å². The summed E-state index contributed by atoms with van der Waals surface area (Å²) in [6.07, 6.45) is 0.0162. The third-order valence-electron chi connectivity index (χ3n) is 11.8. The predicted octanol–water partition coefficient (Wildman–Crippen LogP) is 4.92. The van der Waals surface area contributed by atoms with Gasteiger partial charge in [0.2, 0.25) is 17.6 Å². The maximum absolute atomic E-state index is 13.8. The quantitative estimate of drug-likeness (QED) is 0.111. The molecule has 8 rings (SSSR count). The first-order valence-electron chi connectivity index (χ1n) is 21.1. The maximum atomic E-state index is 13.8. The van der Waals surface area contributed by atoms with Crippen LogP contribution in [0.25, 0.3) is 17.1 Å². The Bertz CT molecular complexity index is 2640. The highest BCUT2D eigenvalue weighted by atomic mass is 16.6. The fourth-order valence-corrected chi connectivity index (χ4v) is 8.42. The van der Waals surface area contributed by atoms with Crippen molar-refractivity contribution >= 4 is 41.1 Å². The number of aromatic hydroxyl groups is 2. The number of fused-ring (bicyclic) bond motifs is 1. The van der Waals surface area contributed by atoms with Crippen LogP contribution in [0.4, 0.5) is 16.2 Å². The highest BCUT2D eigenvalue weighted by Crippen LogP contribution is 2.39. The minimum atomic E-state index is -0.708. The van der Waals surface area contributed by atoms with E-state index in [4.69, 9.17) is 9.47 Å². The minimum Gasteiger partial charge on any atom is -0.508 e. The van der Waals surface area contributed by atoms with Gasteiger partial charge in [-0.25, -0.2) is 4.79 Å². The Labute approximate surface area is 368 Å². The number of phenolic OH excluding ortho intramolecular Hbond substituents is 2. The van der Waals surface area contributed by atoms with Crippen LogP contribution >= 0.6 is 0 Å². The van der Waals surface area contributed by atoms with Gasteiger partial charge in [-0.05, 0) is 84.5 Å². The molecule has 18 heteroatoms. The molecule has 332 valence electrons. The molecule has 64 heavy (non-hydrogen) atoms. The van der Waals surface area contributed by atoms with Crippen molar-refractivity contribution in [2.45, 2.75) is 58.7 Å². The summed E-state index contributed by atoms with van der Waals surface area (Å²) in [6.45, 7) is 8.81. The Hall–Kier alpha value is -7.47. The maximum Gasteiger partial charge on any atom is 0.417 e. The Morgan fingerprint density at radius 2 is 1.64 bits per heavy atom. The molecule has 0 aliphatic carbocycles. The van der Waals surface area contributed by atoms with Gasteiger partial charge in [0.1, 0.15) is 11.5 Å². The van der Waals surface area contributed by atoms with E-state index in [9.17, 15) is 34.2 Å². The van der Waals surface area contributed by atoms with Gasteiger partial charge in [0, 0.05) is 87.0 Å². The third-order valence-corrected chi connectivity index (χ3v) is 11.8. The summed E-state index contributed by atoms with van der Waals surface area (Å²) in [7, 11) is 1.49. The van der Waals surface area contributed by atoms with Gasteiger partial charge in [0.15, 0.2) is 17.3 Å². The molecule has 0 radical (unpaired) electrons. The van der Waals surface area contributed by atoms with Crippen molar-refractivity contribution in [2.24, 2.45) is 0 Å². The van der Waals surface area contributed by atoms with Gasteiger partial charge in [-0.2, -0.15) is 0 Å². The zero-order valence-electron chi connectivity index (χ0n) is 35.9. The molecule has 2 fully saturated rings. The Morgan fingerprint density at radius 3 is 2.34 bits per heavy atom. The van der Waals surface area contributed by atoms with Crippen LogP contribution in [0, 0.1) is 0 Å². The number of hydrogen-bond acceptors (Lipinski definition) is 13. The SMILES string of the molecule is CCNC(=O)c1nnc(-c2cc(C(C)C)c(O)cc2O)n1-c1ccc(C(=O)N2CCN(c3ccc(OC(=O)Nc4cccc5c4CN(C4CCC(=O)NC4=O)C5)c(OC)c3)CC2)cc1. The number of imide groups is 1. The molecule has 0 saturated carbocycles.